The first-order valence-corrected chi connectivity index (χ1v) is 9.85. The summed E-state index contributed by atoms with van der Waals surface area (Å²) in [5.41, 5.74) is 4.06. The van der Waals surface area contributed by atoms with Crippen LogP contribution in [0.4, 0.5) is 5.95 Å². The Morgan fingerprint density at radius 2 is 2.07 bits per heavy atom. The standard InChI is InChI=1S/C20H28N6O2/c1-13(11-28-3)23-20-21-9-19-16(17-10-25(2)12-22-17)8-18(26(19)24-20)14-4-6-15(27)7-5-14/h8-10,12-15,27H,4-7,11H2,1-3H3,(H,23,24)/t13-,14-,15-/m0/s1. The lowest BCUT2D eigenvalue weighted by molar-refractivity contribution is 0.121. The van der Waals surface area contributed by atoms with Gasteiger partial charge < -0.3 is 19.7 Å². The number of aliphatic hydroxyl groups is 1. The SMILES string of the molecule is COC[C@H](C)Nc1ncc2c(-c3cn(C)cn3)cc([C@H]3CC[C@H](O)CC3)n2n1. The maximum Gasteiger partial charge on any atom is 0.241 e. The molecule has 1 aliphatic carbocycles. The van der Waals surface area contributed by atoms with Gasteiger partial charge in [0.15, 0.2) is 0 Å². The van der Waals surface area contributed by atoms with Crippen molar-refractivity contribution < 1.29 is 9.84 Å². The van der Waals surface area contributed by atoms with E-state index in [1.807, 2.05) is 35.4 Å². The van der Waals surface area contributed by atoms with E-state index in [0.717, 1.165) is 48.2 Å². The number of anilines is 1. The number of aryl methyl sites for hydroxylation is 1. The third-order valence-electron chi connectivity index (χ3n) is 5.43. The third kappa shape index (κ3) is 3.74. The monoisotopic (exact) mass is 384 g/mol. The molecular weight excluding hydrogens is 356 g/mol. The van der Waals surface area contributed by atoms with E-state index < -0.39 is 0 Å². The molecule has 3 aromatic rings. The number of rotatable bonds is 6. The molecule has 0 spiro atoms. The van der Waals surface area contributed by atoms with Crippen LogP contribution in [0.1, 0.15) is 44.2 Å². The summed E-state index contributed by atoms with van der Waals surface area (Å²) in [6, 6.07) is 2.30. The highest BCUT2D eigenvalue weighted by atomic mass is 16.5. The maximum absolute atomic E-state index is 9.90. The Morgan fingerprint density at radius 3 is 2.75 bits per heavy atom. The van der Waals surface area contributed by atoms with Gasteiger partial charge >= 0.3 is 0 Å². The average molecular weight is 384 g/mol. The van der Waals surface area contributed by atoms with Gasteiger partial charge in [0.2, 0.25) is 5.95 Å². The Hall–Kier alpha value is -2.45. The Balaban J connectivity index is 1.76. The fourth-order valence-corrected chi connectivity index (χ4v) is 4.01. The first kappa shape index (κ1) is 18.9. The zero-order valence-electron chi connectivity index (χ0n) is 16.7. The van der Waals surface area contributed by atoms with Crippen molar-refractivity contribution in [3.05, 3.63) is 30.5 Å². The van der Waals surface area contributed by atoms with Crippen molar-refractivity contribution in [2.24, 2.45) is 7.05 Å². The van der Waals surface area contributed by atoms with E-state index in [1.165, 1.54) is 0 Å². The van der Waals surface area contributed by atoms with Crippen LogP contribution in [0.15, 0.2) is 24.8 Å². The molecule has 0 unspecified atom stereocenters. The molecule has 0 bridgehead atoms. The number of ether oxygens (including phenoxy) is 1. The van der Waals surface area contributed by atoms with Crippen molar-refractivity contribution in [3.63, 3.8) is 0 Å². The summed E-state index contributed by atoms with van der Waals surface area (Å²) in [4.78, 5) is 9.04. The molecule has 8 heteroatoms. The molecular formula is C20H28N6O2. The topological polar surface area (TPSA) is 89.5 Å². The number of aliphatic hydroxyl groups excluding tert-OH is 1. The molecule has 0 saturated heterocycles. The first-order valence-electron chi connectivity index (χ1n) is 9.85. The van der Waals surface area contributed by atoms with Crippen LogP contribution in [0, 0.1) is 0 Å². The van der Waals surface area contributed by atoms with Crippen LogP contribution < -0.4 is 5.32 Å². The van der Waals surface area contributed by atoms with Crippen LogP contribution >= 0.6 is 0 Å². The van der Waals surface area contributed by atoms with Crippen molar-refractivity contribution in [2.75, 3.05) is 19.0 Å². The van der Waals surface area contributed by atoms with Gasteiger partial charge in [0, 0.05) is 43.6 Å². The minimum absolute atomic E-state index is 0.113. The predicted octanol–water partition coefficient (Wildman–Crippen LogP) is 2.60. The smallest absolute Gasteiger partial charge is 0.241 e. The molecule has 150 valence electrons. The van der Waals surface area contributed by atoms with E-state index in [9.17, 15) is 5.11 Å². The van der Waals surface area contributed by atoms with Crippen molar-refractivity contribution in [2.45, 2.75) is 50.7 Å². The van der Waals surface area contributed by atoms with Crippen molar-refractivity contribution in [1.29, 1.82) is 0 Å². The van der Waals surface area contributed by atoms with Crippen molar-refractivity contribution in [1.82, 2.24) is 24.1 Å². The second-order valence-electron chi connectivity index (χ2n) is 7.79. The second kappa shape index (κ2) is 7.89. The molecule has 8 nitrogen and oxygen atoms in total. The molecule has 1 fully saturated rings. The van der Waals surface area contributed by atoms with Gasteiger partial charge in [0.05, 0.1) is 36.4 Å². The number of nitrogens with one attached hydrogen (secondary N) is 1. The number of hydrogen-bond donors (Lipinski definition) is 2. The van der Waals surface area contributed by atoms with E-state index in [0.29, 0.717) is 18.5 Å². The Kier molecular flexibility index (Phi) is 5.32. The van der Waals surface area contributed by atoms with Crippen molar-refractivity contribution in [3.8, 4) is 11.3 Å². The zero-order valence-corrected chi connectivity index (χ0v) is 16.7. The lowest BCUT2D eigenvalue weighted by Crippen LogP contribution is -2.23. The maximum atomic E-state index is 9.90. The fourth-order valence-electron chi connectivity index (χ4n) is 4.01. The number of fused-ring (bicyclic) bond motifs is 1. The minimum atomic E-state index is -0.181. The summed E-state index contributed by atoms with van der Waals surface area (Å²) in [5, 5.41) is 18.0. The van der Waals surface area contributed by atoms with Gasteiger partial charge in [0.25, 0.3) is 0 Å². The van der Waals surface area contributed by atoms with Gasteiger partial charge in [-0.3, -0.25) is 0 Å². The van der Waals surface area contributed by atoms with E-state index in [1.54, 1.807) is 13.4 Å². The molecule has 0 aliphatic heterocycles. The second-order valence-corrected chi connectivity index (χ2v) is 7.79. The molecule has 0 radical (unpaired) electrons. The fraction of sp³-hybridized carbons (Fsp3) is 0.550. The van der Waals surface area contributed by atoms with Gasteiger partial charge in [0.1, 0.15) is 0 Å². The molecule has 2 N–H and O–H groups in total. The average Bonchev–Trinajstić information content (AvgIpc) is 3.26. The summed E-state index contributed by atoms with van der Waals surface area (Å²) in [5.74, 6) is 0.949. The van der Waals surface area contributed by atoms with Gasteiger partial charge in [-0.1, -0.05) is 0 Å². The molecule has 0 amide bonds. The van der Waals surface area contributed by atoms with Crippen molar-refractivity contribution >= 4 is 11.5 Å². The lowest BCUT2D eigenvalue weighted by Gasteiger charge is -2.25. The summed E-state index contributed by atoms with van der Waals surface area (Å²) in [6.07, 6.45) is 9.08. The summed E-state index contributed by atoms with van der Waals surface area (Å²) in [7, 11) is 3.65. The predicted molar refractivity (Wildman–Crippen MR) is 107 cm³/mol. The summed E-state index contributed by atoms with van der Waals surface area (Å²) in [6.45, 7) is 2.62. The van der Waals surface area contributed by atoms with Gasteiger partial charge in [-0.05, 0) is 38.7 Å². The number of hydrogen-bond acceptors (Lipinski definition) is 6. The number of nitrogens with zero attached hydrogens (tertiary/aromatic N) is 5. The lowest BCUT2D eigenvalue weighted by atomic mass is 9.85. The van der Waals surface area contributed by atoms with Crippen LogP contribution in [0.25, 0.3) is 16.8 Å². The molecule has 1 aliphatic rings. The third-order valence-corrected chi connectivity index (χ3v) is 5.43. The molecule has 3 heterocycles. The van der Waals surface area contributed by atoms with Crippen LogP contribution in [-0.2, 0) is 11.8 Å². The Morgan fingerprint density at radius 1 is 1.29 bits per heavy atom. The van der Waals surface area contributed by atoms with Gasteiger partial charge in [-0.15, -0.1) is 5.10 Å². The number of imidazole rings is 1. The molecule has 4 rings (SSSR count). The van der Waals surface area contributed by atoms with Gasteiger partial charge in [-0.2, -0.15) is 0 Å². The number of methoxy groups -OCH3 is 1. The summed E-state index contributed by atoms with van der Waals surface area (Å²) < 4.78 is 9.14. The zero-order chi connectivity index (χ0) is 19.7. The largest absolute Gasteiger partial charge is 0.393 e. The molecule has 1 atom stereocenters. The van der Waals surface area contributed by atoms with Crippen LogP contribution in [-0.4, -0.2) is 55.1 Å². The van der Waals surface area contributed by atoms with E-state index in [-0.39, 0.29) is 12.1 Å². The Labute approximate surface area is 164 Å². The van der Waals surface area contributed by atoms with Crippen LogP contribution in [0.3, 0.4) is 0 Å². The summed E-state index contributed by atoms with van der Waals surface area (Å²) >= 11 is 0. The molecule has 3 aromatic heterocycles. The first-order chi connectivity index (χ1) is 13.5. The molecule has 28 heavy (non-hydrogen) atoms. The highest BCUT2D eigenvalue weighted by Crippen LogP contribution is 2.37. The van der Waals surface area contributed by atoms with E-state index in [4.69, 9.17) is 9.84 Å². The highest BCUT2D eigenvalue weighted by Gasteiger charge is 2.26. The number of aromatic nitrogens is 5. The van der Waals surface area contributed by atoms with Gasteiger partial charge in [-0.25, -0.2) is 14.5 Å². The van der Waals surface area contributed by atoms with Crippen LogP contribution in [0.5, 0.6) is 0 Å². The minimum Gasteiger partial charge on any atom is -0.393 e. The molecule has 1 saturated carbocycles. The quantitative estimate of drug-likeness (QED) is 0.679. The normalized spacial score (nSPS) is 21.1. The highest BCUT2D eigenvalue weighted by molar-refractivity contribution is 5.79. The Bertz CT molecular complexity index is 941. The van der Waals surface area contributed by atoms with E-state index in [2.05, 4.69) is 21.4 Å². The molecule has 0 aromatic carbocycles. The van der Waals surface area contributed by atoms with Crippen LogP contribution in [0.2, 0.25) is 0 Å². The van der Waals surface area contributed by atoms with E-state index >= 15 is 0 Å².